The number of rotatable bonds is 5. The highest BCUT2D eigenvalue weighted by atomic mass is 19.2. The largest absolute Gasteiger partial charge is 0.203 e. The van der Waals surface area contributed by atoms with Gasteiger partial charge in [-0.2, -0.15) is 0 Å². The van der Waals surface area contributed by atoms with Gasteiger partial charge in [0.15, 0.2) is 17.5 Å². The third-order valence-electron chi connectivity index (χ3n) is 7.23. The zero-order valence-electron chi connectivity index (χ0n) is 18.1. The normalized spacial score (nSPS) is 18.7. The topological polar surface area (TPSA) is 0 Å². The Balaban J connectivity index is 2.01. The van der Waals surface area contributed by atoms with Gasteiger partial charge >= 0.3 is 0 Å². The molecule has 162 valence electrons. The zero-order chi connectivity index (χ0) is 21.1. The van der Waals surface area contributed by atoms with Gasteiger partial charge in [0.25, 0.3) is 0 Å². The van der Waals surface area contributed by atoms with E-state index in [1.165, 1.54) is 0 Å². The number of aryl methyl sites for hydroxylation is 1. The van der Waals surface area contributed by atoms with Crippen molar-refractivity contribution < 1.29 is 13.2 Å². The summed E-state index contributed by atoms with van der Waals surface area (Å²) in [6.07, 6.45) is 11.6. The van der Waals surface area contributed by atoms with Crippen LogP contribution in [0.5, 0.6) is 0 Å². The van der Waals surface area contributed by atoms with Crippen LogP contribution in [0.1, 0.15) is 106 Å². The lowest BCUT2D eigenvalue weighted by atomic mass is 9.73. The molecule has 0 aromatic heterocycles. The Bertz CT molecular complexity index is 829. The van der Waals surface area contributed by atoms with Crippen LogP contribution in [0, 0.1) is 17.5 Å². The highest BCUT2D eigenvalue weighted by Crippen LogP contribution is 2.48. The van der Waals surface area contributed by atoms with Gasteiger partial charge in [-0.1, -0.05) is 76.1 Å². The molecule has 2 aliphatic carbocycles. The standard InChI is InChI=1S/C27H33F3/c1-2-11-18-12-9-10-17-21(18)24-22(19-13-5-3-6-14-19)25(28)27(30)26(29)23(24)20-15-7-4-8-16-20/h9-10,12,17,19-20H,2-8,11,13-16H2,1H3. The van der Waals surface area contributed by atoms with Crippen molar-refractivity contribution in [3.05, 3.63) is 58.4 Å². The second-order valence-corrected chi connectivity index (χ2v) is 9.22. The number of benzene rings is 2. The highest BCUT2D eigenvalue weighted by Gasteiger charge is 2.34. The molecule has 0 atom stereocenters. The van der Waals surface area contributed by atoms with Crippen molar-refractivity contribution in [3.8, 4) is 11.1 Å². The maximum Gasteiger partial charge on any atom is 0.195 e. The van der Waals surface area contributed by atoms with E-state index in [1.807, 2.05) is 18.2 Å². The van der Waals surface area contributed by atoms with Gasteiger partial charge in [-0.05, 0) is 60.6 Å². The van der Waals surface area contributed by atoms with Gasteiger partial charge in [-0.25, -0.2) is 13.2 Å². The first-order chi connectivity index (χ1) is 14.6. The molecular formula is C27H33F3. The summed E-state index contributed by atoms with van der Waals surface area (Å²) in [5.74, 6) is -3.20. The smallest absolute Gasteiger partial charge is 0.195 e. The van der Waals surface area contributed by atoms with Crippen molar-refractivity contribution in [2.75, 3.05) is 0 Å². The van der Waals surface area contributed by atoms with Crippen LogP contribution in [0.15, 0.2) is 24.3 Å². The quantitative estimate of drug-likeness (QED) is 0.429. The van der Waals surface area contributed by atoms with Gasteiger partial charge in [0.2, 0.25) is 0 Å². The van der Waals surface area contributed by atoms with Crippen molar-refractivity contribution in [2.24, 2.45) is 0 Å². The van der Waals surface area contributed by atoms with Crippen LogP contribution in [0.3, 0.4) is 0 Å². The van der Waals surface area contributed by atoms with Gasteiger partial charge < -0.3 is 0 Å². The summed E-state index contributed by atoms with van der Waals surface area (Å²) in [5.41, 5.74) is 3.63. The van der Waals surface area contributed by atoms with Crippen LogP contribution in [0.2, 0.25) is 0 Å². The van der Waals surface area contributed by atoms with Gasteiger partial charge in [0.05, 0.1) is 0 Å². The van der Waals surface area contributed by atoms with Crippen molar-refractivity contribution in [1.29, 1.82) is 0 Å². The average molecular weight is 415 g/mol. The molecule has 0 aliphatic heterocycles. The van der Waals surface area contributed by atoms with E-state index in [4.69, 9.17) is 0 Å². The summed E-state index contributed by atoms with van der Waals surface area (Å²) in [5, 5.41) is 0. The highest BCUT2D eigenvalue weighted by molar-refractivity contribution is 5.76. The van der Waals surface area contributed by atoms with E-state index in [1.54, 1.807) is 0 Å². The predicted molar refractivity (Wildman–Crippen MR) is 117 cm³/mol. The Labute approximate surface area is 178 Å². The number of halogens is 3. The average Bonchev–Trinajstić information content (AvgIpc) is 2.79. The lowest BCUT2D eigenvalue weighted by molar-refractivity contribution is 0.384. The maximum absolute atomic E-state index is 15.4. The van der Waals surface area contributed by atoms with E-state index in [0.717, 1.165) is 88.2 Å². The summed E-state index contributed by atoms with van der Waals surface area (Å²) in [6, 6.07) is 8.00. The molecule has 2 aromatic rings. The molecule has 2 aliphatic rings. The maximum atomic E-state index is 15.4. The SMILES string of the molecule is CCCc1ccccc1-c1c(C2CCCCC2)c(F)c(F)c(F)c1C1CCCCC1. The molecule has 4 rings (SSSR count). The molecule has 0 N–H and O–H groups in total. The van der Waals surface area contributed by atoms with Gasteiger partial charge in [-0.3, -0.25) is 0 Å². The molecule has 0 heterocycles. The Kier molecular flexibility index (Phi) is 6.85. The summed E-state index contributed by atoms with van der Waals surface area (Å²) >= 11 is 0. The minimum atomic E-state index is -1.26. The Hall–Kier alpha value is -1.77. The van der Waals surface area contributed by atoms with Crippen molar-refractivity contribution in [3.63, 3.8) is 0 Å². The molecule has 2 saturated carbocycles. The number of hydrogen-bond donors (Lipinski definition) is 0. The Morgan fingerprint density at radius 2 is 1.20 bits per heavy atom. The monoisotopic (exact) mass is 414 g/mol. The fourth-order valence-corrected chi connectivity index (χ4v) is 5.79. The van der Waals surface area contributed by atoms with Gasteiger partial charge in [0.1, 0.15) is 0 Å². The fraction of sp³-hybridized carbons (Fsp3) is 0.556. The van der Waals surface area contributed by atoms with Crippen molar-refractivity contribution in [1.82, 2.24) is 0 Å². The third kappa shape index (κ3) is 4.05. The van der Waals surface area contributed by atoms with Crippen LogP contribution in [0.4, 0.5) is 13.2 Å². The van der Waals surface area contributed by atoms with Crippen LogP contribution < -0.4 is 0 Å². The summed E-state index contributed by atoms with van der Waals surface area (Å²) in [6.45, 7) is 2.12. The van der Waals surface area contributed by atoms with Crippen molar-refractivity contribution in [2.45, 2.75) is 95.8 Å². The van der Waals surface area contributed by atoms with Crippen LogP contribution >= 0.6 is 0 Å². The molecule has 0 amide bonds. The zero-order valence-corrected chi connectivity index (χ0v) is 18.1. The molecule has 0 bridgehead atoms. The molecular weight excluding hydrogens is 381 g/mol. The van der Waals surface area contributed by atoms with E-state index in [0.29, 0.717) is 16.7 Å². The molecule has 0 nitrogen and oxygen atoms in total. The first-order valence-corrected chi connectivity index (χ1v) is 11.9. The molecule has 2 aromatic carbocycles. The number of hydrogen-bond acceptors (Lipinski definition) is 0. The van der Waals surface area contributed by atoms with E-state index in [9.17, 15) is 4.39 Å². The lowest BCUT2D eigenvalue weighted by Gasteiger charge is -2.31. The molecule has 0 spiro atoms. The third-order valence-corrected chi connectivity index (χ3v) is 7.23. The fourth-order valence-electron chi connectivity index (χ4n) is 5.79. The molecule has 2 fully saturated rings. The first-order valence-electron chi connectivity index (χ1n) is 11.9. The molecule has 0 radical (unpaired) electrons. The summed E-state index contributed by atoms with van der Waals surface area (Å²) in [4.78, 5) is 0. The molecule has 3 heteroatoms. The van der Waals surface area contributed by atoms with E-state index >= 15 is 8.78 Å². The first kappa shape index (κ1) is 21.5. The van der Waals surface area contributed by atoms with E-state index in [-0.39, 0.29) is 11.8 Å². The Morgan fingerprint density at radius 3 is 1.70 bits per heavy atom. The van der Waals surface area contributed by atoms with Crippen LogP contribution in [-0.2, 0) is 6.42 Å². The summed E-state index contributed by atoms with van der Waals surface area (Å²) < 4.78 is 45.8. The second kappa shape index (κ2) is 9.58. The van der Waals surface area contributed by atoms with Crippen LogP contribution in [0.25, 0.3) is 11.1 Å². The predicted octanol–water partition coefficient (Wildman–Crippen LogP) is 8.82. The lowest BCUT2D eigenvalue weighted by Crippen LogP contribution is -2.17. The van der Waals surface area contributed by atoms with Gasteiger partial charge in [-0.15, -0.1) is 0 Å². The van der Waals surface area contributed by atoms with Crippen molar-refractivity contribution >= 4 is 0 Å². The van der Waals surface area contributed by atoms with E-state index < -0.39 is 17.5 Å². The second-order valence-electron chi connectivity index (χ2n) is 9.22. The molecule has 0 unspecified atom stereocenters. The van der Waals surface area contributed by atoms with Crippen LogP contribution in [-0.4, -0.2) is 0 Å². The van der Waals surface area contributed by atoms with E-state index in [2.05, 4.69) is 13.0 Å². The minimum Gasteiger partial charge on any atom is -0.203 e. The minimum absolute atomic E-state index is 0.0270. The molecule has 0 saturated heterocycles. The Morgan fingerprint density at radius 1 is 0.700 bits per heavy atom. The van der Waals surface area contributed by atoms with Gasteiger partial charge in [0, 0.05) is 11.1 Å². The summed E-state index contributed by atoms with van der Waals surface area (Å²) in [7, 11) is 0. The molecule has 30 heavy (non-hydrogen) atoms.